The number of hydrogen-bond donors (Lipinski definition) is 1. The molecule has 1 amide bonds. The lowest BCUT2D eigenvalue weighted by atomic mass is 10.2. The molecule has 8 nitrogen and oxygen atoms in total. The van der Waals surface area contributed by atoms with Crippen LogP contribution in [-0.2, 0) is 0 Å². The highest BCUT2D eigenvalue weighted by Crippen LogP contribution is 2.26. The normalized spacial score (nSPS) is 10.1. The van der Waals surface area contributed by atoms with Crippen LogP contribution in [0.2, 0.25) is 10.3 Å². The Morgan fingerprint density at radius 2 is 2.05 bits per heavy atom. The molecule has 0 aliphatic heterocycles. The summed E-state index contributed by atoms with van der Waals surface area (Å²) < 4.78 is 0. The van der Waals surface area contributed by atoms with Gasteiger partial charge in [0.05, 0.1) is 4.92 Å². The van der Waals surface area contributed by atoms with E-state index in [1.165, 1.54) is 18.3 Å². The zero-order valence-electron chi connectivity index (χ0n) is 9.58. The van der Waals surface area contributed by atoms with E-state index in [-0.39, 0.29) is 21.7 Å². The Kier molecular flexibility index (Phi) is 4.06. The zero-order valence-corrected chi connectivity index (χ0v) is 11.1. The highest BCUT2D eigenvalue weighted by molar-refractivity contribution is 6.32. The fourth-order valence-electron chi connectivity index (χ4n) is 1.37. The molecule has 0 spiro atoms. The molecule has 2 aromatic heterocycles. The quantitative estimate of drug-likeness (QED) is 0.403. The van der Waals surface area contributed by atoms with Crippen LogP contribution >= 0.6 is 23.2 Å². The fourth-order valence-corrected chi connectivity index (χ4v) is 1.75. The molecule has 0 radical (unpaired) electrons. The number of halogens is 2. The van der Waals surface area contributed by atoms with Crippen LogP contribution in [0, 0.1) is 10.1 Å². The van der Waals surface area contributed by atoms with Crippen molar-refractivity contribution in [3.63, 3.8) is 0 Å². The lowest BCUT2D eigenvalue weighted by Crippen LogP contribution is -2.15. The molecule has 0 aliphatic carbocycles. The van der Waals surface area contributed by atoms with Crippen molar-refractivity contribution < 1.29 is 9.72 Å². The van der Waals surface area contributed by atoms with Crippen LogP contribution in [0.1, 0.15) is 10.4 Å². The lowest BCUT2D eigenvalue weighted by Gasteiger charge is -2.05. The maximum Gasteiger partial charge on any atom is 0.319 e. The molecule has 0 aliphatic rings. The van der Waals surface area contributed by atoms with Gasteiger partial charge in [0.25, 0.3) is 5.91 Å². The highest BCUT2D eigenvalue weighted by Gasteiger charge is 2.25. The summed E-state index contributed by atoms with van der Waals surface area (Å²) in [4.78, 5) is 33.1. The predicted octanol–water partition coefficient (Wildman–Crippen LogP) is 2.34. The summed E-state index contributed by atoms with van der Waals surface area (Å²) in [6.07, 6.45) is 2.34. The average molecular weight is 314 g/mol. The first-order valence-electron chi connectivity index (χ1n) is 5.07. The second-order valence-electron chi connectivity index (χ2n) is 3.44. The van der Waals surface area contributed by atoms with Crippen molar-refractivity contribution in [3.8, 4) is 0 Å². The summed E-state index contributed by atoms with van der Waals surface area (Å²) in [5.74, 6) is -0.645. The molecular formula is C10H5Cl2N5O3. The van der Waals surface area contributed by atoms with Gasteiger partial charge in [-0.2, -0.15) is 0 Å². The Morgan fingerprint density at radius 1 is 1.30 bits per heavy atom. The minimum Gasteiger partial charge on any atom is -0.306 e. The number of aromatic nitrogens is 3. The molecule has 0 bridgehead atoms. The van der Waals surface area contributed by atoms with Gasteiger partial charge in [-0.3, -0.25) is 14.9 Å². The molecule has 0 aromatic carbocycles. The van der Waals surface area contributed by atoms with E-state index in [1.54, 1.807) is 0 Å². The van der Waals surface area contributed by atoms with Crippen molar-refractivity contribution in [3.05, 3.63) is 50.6 Å². The third kappa shape index (κ3) is 2.98. The van der Waals surface area contributed by atoms with Crippen molar-refractivity contribution in [2.24, 2.45) is 0 Å². The van der Waals surface area contributed by atoms with Gasteiger partial charge < -0.3 is 5.32 Å². The van der Waals surface area contributed by atoms with E-state index >= 15 is 0 Å². The molecule has 0 unspecified atom stereocenters. The number of pyridine rings is 1. The molecule has 20 heavy (non-hydrogen) atoms. The van der Waals surface area contributed by atoms with Gasteiger partial charge in [0, 0.05) is 12.3 Å². The number of nitrogens with one attached hydrogen (secondary N) is 1. The average Bonchev–Trinajstić information content (AvgIpc) is 2.37. The number of carbonyl (C=O) groups excluding carboxylic acids is 1. The van der Waals surface area contributed by atoms with Gasteiger partial charge in [-0.05, 0) is 6.07 Å². The van der Waals surface area contributed by atoms with Gasteiger partial charge in [-0.1, -0.05) is 23.2 Å². The van der Waals surface area contributed by atoms with Crippen LogP contribution in [0.15, 0.2) is 24.7 Å². The summed E-state index contributed by atoms with van der Waals surface area (Å²) in [6, 6.07) is 2.48. The molecule has 2 heterocycles. The Morgan fingerprint density at radius 3 is 2.70 bits per heavy atom. The second kappa shape index (κ2) is 5.76. The fraction of sp³-hybridized carbons (Fsp3) is 0. The number of hydrogen-bond acceptors (Lipinski definition) is 6. The summed E-state index contributed by atoms with van der Waals surface area (Å²) in [5.41, 5.74) is -0.809. The lowest BCUT2D eigenvalue weighted by molar-refractivity contribution is -0.385. The van der Waals surface area contributed by atoms with Crippen LogP contribution in [0.4, 0.5) is 11.5 Å². The molecule has 2 rings (SSSR count). The Bertz CT molecular complexity index is 694. The molecule has 2 aromatic rings. The minimum absolute atomic E-state index is 0.109. The van der Waals surface area contributed by atoms with Crippen LogP contribution < -0.4 is 5.32 Å². The van der Waals surface area contributed by atoms with Crippen LogP contribution in [0.3, 0.4) is 0 Å². The monoisotopic (exact) mass is 313 g/mol. The predicted molar refractivity (Wildman–Crippen MR) is 70.9 cm³/mol. The highest BCUT2D eigenvalue weighted by atomic mass is 35.5. The number of amides is 1. The number of nitro groups is 1. The van der Waals surface area contributed by atoms with Crippen molar-refractivity contribution in [1.82, 2.24) is 15.0 Å². The van der Waals surface area contributed by atoms with E-state index in [4.69, 9.17) is 23.2 Å². The molecule has 102 valence electrons. The van der Waals surface area contributed by atoms with Crippen molar-refractivity contribution in [2.75, 3.05) is 5.32 Å². The van der Waals surface area contributed by atoms with E-state index < -0.39 is 16.5 Å². The SMILES string of the molecule is O=C(Nc1cc(Cl)ncn1)c1ccnc(Cl)c1[N+](=O)[O-]. The first kappa shape index (κ1) is 14.1. The topological polar surface area (TPSA) is 111 Å². The van der Waals surface area contributed by atoms with Crippen LogP contribution in [0.25, 0.3) is 0 Å². The molecule has 0 saturated heterocycles. The van der Waals surface area contributed by atoms with Gasteiger partial charge in [-0.15, -0.1) is 0 Å². The van der Waals surface area contributed by atoms with Gasteiger partial charge >= 0.3 is 5.69 Å². The second-order valence-corrected chi connectivity index (χ2v) is 4.18. The molecule has 0 saturated carbocycles. The van der Waals surface area contributed by atoms with E-state index in [0.717, 1.165) is 6.33 Å². The van der Waals surface area contributed by atoms with Crippen molar-refractivity contribution >= 4 is 40.6 Å². The maximum absolute atomic E-state index is 12.0. The van der Waals surface area contributed by atoms with Gasteiger partial charge in [0.1, 0.15) is 22.9 Å². The molecule has 1 N–H and O–H groups in total. The third-order valence-corrected chi connectivity index (χ3v) is 2.67. The van der Waals surface area contributed by atoms with Crippen molar-refractivity contribution in [2.45, 2.75) is 0 Å². The first-order valence-corrected chi connectivity index (χ1v) is 5.82. The number of carbonyl (C=O) groups is 1. The number of nitrogens with zero attached hydrogens (tertiary/aromatic N) is 4. The smallest absolute Gasteiger partial charge is 0.306 e. The molecular weight excluding hydrogens is 309 g/mol. The number of rotatable bonds is 3. The Labute approximate surface area is 121 Å². The maximum atomic E-state index is 12.0. The van der Waals surface area contributed by atoms with E-state index in [2.05, 4.69) is 20.3 Å². The Balaban J connectivity index is 2.35. The summed E-state index contributed by atoms with van der Waals surface area (Å²) in [5, 5.41) is 13.0. The number of anilines is 1. The van der Waals surface area contributed by atoms with Gasteiger partial charge in [-0.25, -0.2) is 15.0 Å². The third-order valence-electron chi connectivity index (χ3n) is 2.18. The Hall–Kier alpha value is -2.32. The van der Waals surface area contributed by atoms with E-state index in [1.807, 2.05) is 0 Å². The van der Waals surface area contributed by atoms with E-state index in [0.29, 0.717) is 0 Å². The first-order chi connectivity index (χ1) is 9.49. The van der Waals surface area contributed by atoms with Gasteiger partial charge in [0.2, 0.25) is 5.15 Å². The molecule has 10 heteroatoms. The van der Waals surface area contributed by atoms with Crippen LogP contribution in [-0.4, -0.2) is 25.8 Å². The van der Waals surface area contributed by atoms with Crippen molar-refractivity contribution in [1.29, 1.82) is 0 Å². The van der Waals surface area contributed by atoms with E-state index in [9.17, 15) is 14.9 Å². The molecule has 0 atom stereocenters. The standard InChI is InChI=1S/C10H5Cl2N5O3/c11-6-3-7(15-4-14-6)16-10(18)5-1-2-13-9(12)8(5)17(19)20/h1-4H,(H,14,15,16,18). The van der Waals surface area contributed by atoms with Crippen LogP contribution in [0.5, 0.6) is 0 Å². The molecule has 0 fully saturated rings. The zero-order chi connectivity index (χ0) is 14.7. The van der Waals surface area contributed by atoms with Gasteiger partial charge in [0.15, 0.2) is 0 Å². The summed E-state index contributed by atoms with van der Waals surface area (Å²) in [6.45, 7) is 0. The summed E-state index contributed by atoms with van der Waals surface area (Å²) in [7, 11) is 0. The largest absolute Gasteiger partial charge is 0.319 e. The summed E-state index contributed by atoms with van der Waals surface area (Å²) >= 11 is 11.3. The minimum atomic E-state index is -0.781.